The van der Waals surface area contributed by atoms with Crippen LogP contribution in [0, 0.1) is 0 Å². The van der Waals surface area contributed by atoms with Crippen molar-refractivity contribution in [3.63, 3.8) is 0 Å². The summed E-state index contributed by atoms with van der Waals surface area (Å²) in [6.45, 7) is 2.64. The first-order chi connectivity index (χ1) is 10.2. The Balaban J connectivity index is 1.91. The van der Waals surface area contributed by atoms with Crippen LogP contribution in [0.5, 0.6) is 0 Å². The van der Waals surface area contributed by atoms with E-state index in [4.69, 9.17) is 0 Å². The fourth-order valence-electron chi connectivity index (χ4n) is 1.51. The highest BCUT2D eigenvalue weighted by Gasteiger charge is 2.11. The van der Waals surface area contributed by atoms with Crippen LogP contribution in [0.4, 0.5) is 5.13 Å². The molecule has 0 aliphatic carbocycles. The summed E-state index contributed by atoms with van der Waals surface area (Å²) >= 11 is 1.27. The highest BCUT2D eigenvalue weighted by atomic mass is 32.1. The molecule has 2 amide bonds. The van der Waals surface area contributed by atoms with E-state index >= 15 is 0 Å². The number of carbonyl (C=O) groups is 2. The Kier molecular flexibility index (Phi) is 5.33. The maximum Gasteiger partial charge on any atom is 0.277 e. The van der Waals surface area contributed by atoms with E-state index in [1.54, 1.807) is 5.38 Å². The number of thiazole rings is 1. The molecule has 0 aliphatic heterocycles. The van der Waals surface area contributed by atoms with Crippen LogP contribution in [-0.2, 0) is 11.2 Å². The predicted octanol–water partition coefficient (Wildman–Crippen LogP) is 1.25. The van der Waals surface area contributed by atoms with Gasteiger partial charge in [0, 0.05) is 24.3 Å². The largest absolute Gasteiger partial charge is 0.356 e. The highest BCUT2D eigenvalue weighted by Crippen LogP contribution is 2.16. The maximum absolute atomic E-state index is 11.9. The van der Waals surface area contributed by atoms with Gasteiger partial charge in [-0.15, -0.1) is 11.3 Å². The Morgan fingerprint density at radius 3 is 2.90 bits per heavy atom. The monoisotopic (exact) mass is 305 g/mol. The molecule has 2 rings (SSSR count). The van der Waals surface area contributed by atoms with E-state index in [-0.39, 0.29) is 23.9 Å². The first-order valence-corrected chi connectivity index (χ1v) is 7.35. The molecular formula is C13H15N5O2S. The Morgan fingerprint density at radius 2 is 2.19 bits per heavy atom. The average molecular weight is 305 g/mol. The van der Waals surface area contributed by atoms with Crippen molar-refractivity contribution in [2.45, 2.75) is 19.8 Å². The number of nitrogens with one attached hydrogen (secondary N) is 2. The molecular weight excluding hydrogens is 290 g/mol. The molecule has 2 heterocycles. The normalized spacial score (nSPS) is 10.1. The lowest BCUT2D eigenvalue weighted by molar-refractivity contribution is -0.120. The third kappa shape index (κ3) is 4.60. The van der Waals surface area contributed by atoms with E-state index in [0.717, 1.165) is 6.42 Å². The third-order valence-electron chi connectivity index (χ3n) is 2.48. The molecule has 2 aromatic rings. The van der Waals surface area contributed by atoms with Crippen LogP contribution in [0.1, 0.15) is 29.5 Å². The molecule has 8 heteroatoms. The minimum Gasteiger partial charge on any atom is -0.356 e. The van der Waals surface area contributed by atoms with Crippen LogP contribution < -0.4 is 10.6 Å². The van der Waals surface area contributed by atoms with Crippen molar-refractivity contribution in [3.05, 3.63) is 35.4 Å². The number of aromatic nitrogens is 3. The molecule has 0 unspecified atom stereocenters. The molecule has 7 nitrogen and oxygen atoms in total. The molecule has 0 saturated heterocycles. The van der Waals surface area contributed by atoms with Crippen molar-refractivity contribution in [2.75, 3.05) is 11.9 Å². The van der Waals surface area contributed by atoms with Gasteiger partial charge < -0.3 is 5.32 Å². The molecule has 2 aromatic heterocycles. The summed E-state index contributed by atoms with van der Waals surface area (Å²) in [6, 6.07) is 0. The molecule has 0 aliphatic rings. The Hall–Kier alpha value is -2.35. The lowest BCUT2D eigenvalue weighted by Gasteiger charge is -2.01. The summed E-state index contributed by atoms with van der Waals surface area (Å²) in [6.07, 6.45) is 5.41. The highest BCUT2D eigenvalue weighted by molar-refractivity contribution is 7.14. The van der Waals surface area contributed by atoms with Gasteiger partial charge in [-0.25, -0.2) is 9.97 Å². The smallest absolute Gasteiger partial charge is 0.277 e. The minimum atomic E-state index is -0.376. The topological polar surface area (TPSA) is 96.9 Å². The van der Waals surface area contributed by atoms with Crippen molar-refractivity contribution in [2.24, 2.45) is 0 Å². The van der Waals surface area contributed by atoms with Gasteiger partial charge >= 0.3 is 0 Å². The quantitative estimate of drug-likeness (QED) is 0.837. The number of carbonyl (C=O) groups excluding carboxylic acids is 2. The van der Waals surface area contributed by atoms with Crippen LogP contribution in [0.3, 0.4) is 0 Å². The van der Waals surface area contributed by atoms with Gasteiger partial charge in [0.1, 0.15) is 5.69 Å². The lowest BCUT2D eigenvalue weighted by Crippen LogP contribution is -2.25. The summed E-state index contributed by atoms with van der Waals surface area (Å²) < 4.78 is 0. The Bertz CT molecular complexity index is 614. The lowest BCUT2D eigenvalue weighted by atomic mass is 10.3. The zero-order valence-electron chi connectivity index (χ0n) is 11.5. The number of hydrogen-bond acceptors (Lipinski definition) is 6. The van der Waals surface area contributed by atoms with Gasteiger partial charge in [0.15, 0.2) is 5.13 Å². The first kappa shape index (κ1) is 15.0. The van der Waals surface area contributed by atoms with Crippen molar-refractivity contribution in [1.29, 1.82) is 0 Å². The van der Waals surface area contributed by atoms with Crippen LogP contribution in [0.2, 0.25) is 0 Å². The second-order valence-corrected chi connectivity index (χ2v) is 5.07. The van der Waals surface area contributed by atoms with Gasteiger partial charge in [-0.2, -0.15) is 0 Å². The fourth-order valence-corrected chi connectivity index (χ4v) is 2.22. The summed E-state index contributed by atoms with van der Waals surface area (Å²) in [4.78, 5) is 35.4. The molecule has 0 spiro atoms. The fraction of sp³-hybridized carbons (Fsp3) is 0.308. The van der Waals surface area contributed by atoms with E-state index < -0.39 is 0 Å². The van der Waals surface area contributed by atoms with Gasteiger partial charge in [-0.3, -0.25) is 19.9 Å². The molecule has 0 aromatic carbocycles. The van der Waals surface area contributed by atoms with Crippen LogP contribution in [0.15, 0.2) is 24.0 Å². The van der Waals surface area contributed by atoms with Crippen molar-refractivity contribution in [1.82, 2.24) is 20.3 Å². The zero-order valence-corrected chi connectivity index (χ0v) is 12.3. The maximum atomic E-state index is 11.9. The second kappa shape index (κ2) is 7.44. The molecule has 110 valence electrons. The Labute approximate surface area is 125 Å². The summed E-state index contributed by atoms with van der Waals surface area (Å²) in [5.41, 5.74) is 0.845. The second-order valence-electron chi connectivity index (χ2n) is 4.22. The third-order valence-corrected chi connectivity index (χ3v) is 3.29. The van der Waals surface area contributed by atoms with Crippen LogP contribution in [0.25, 0.3) is 0 Å². The van der Waals surface area contributed by atoms with Gasteiger partial charge in [-0.1, -0.05) is 6.92 Å². The van der Waals surface area contributed by atoms with Crippen LogP contribution in [-0.4, -0.2) is 33.3 Å². The average Bonchev–Trinajstić information content (AvgIpc) is 2.93. The van der Waals surface area contributed by atoms with E-state index in [1.165, 1.54) is 29.9 Å². The van der Waals surface area contributed by atoms with Gasteiger partial charge in [-0.05, 0) is 6.42 Å². The van der Waals surface area contributed by atoms with E-state index in [1.807, 2.05) is 6.92 Å². The molecule has 0 radical (unpaired) electrons. The summed E-state index contributed by atoms with van der Waals surface area (Å²) in [5, 5.41) is 7.59. The van der Waals surface area contributed by atoms with Gasteiger partial charge in [0.25, 0.3) is 5.91 Å². The molecule has 21 heavy (non-hydrogen) atoms. The van der Waals surface area contributed by atoms with E-state index in [2.05, 4.69) is 25.6 Å². The van der Waals surface area contributed by atoms with Crippen molar-refractivity contribution in [3.8, 4) is 0 Å². The first-order valence-electron chi connectivity index (χ1n) is 6.47. The van der Waals surface area contributed by atoms with E-state index in [9.17, 15) is 9.59 Å². The number of anilines is 1. The summed E-state index contributed by atoms with van der Waals surface area (Å²) in [7, 11) is 0. The van der Waals surface area contributed by atoms with Crippen molar-refractivity contribution >= 4 is 28.3 Å². The van der Waals surface area contributed by atoms with E-state index in [0.29, 0.717) is 17.4 Å². The van der Waals surface area contributed by atoms with Crippen LogP contribution >= 0.6 is 11.3 Å². The molecule has 0 fully saturated rings. The minimum absolute atomic E-state index is 0.0750. The van der Waals surface area contributed by atoms with Gasteiger partial charge in [0.2, 0.25) is 5.91 Å². The molecule has 0 atom stereocenters. The number of rotatable bonds is 6. The number of amides is 2. The number of nitrogens with zero attached hydrogens (tertiary/aromatic N) is 3. The standard InChI is InChI=1S/C13H15N5O2S/c1-2-3-16-11(19)6-9-8-21-13(17-9)18-12(20)10-7-14-4-5-15-10/h4-5,7-8H,2-3,6H2,1H3,(H,16,19)(H,17,18,20). The molecule has 0 bridgehead atoms. The Morgan fingerprint density at radius 1 is 1.33 bits per heavy atom. The summed E-state index contributed by atoms with van der Waals surface area (Å²) in [5.74, 6) is -0.451. The molecule has 2 N–H and O–H groups in total. The predicted molar refractivity (Wildman–Crippen MR) is 79.1 cm³/mol. The SMILES string of the molecule is CCCNC(=O)Cc1csc(NC(=O)c2cnccn2)n1. The van der Waals surface area contributed by atoms with Gasteiger partial charge in [0.05, 0.1) is 18.3 Å². The number of hydrogen-bond donors (Lipinski definition) is 2. The zero-order chi connectivity index (χ0) is 15.1. The van der Waals surface area contributed by atoms with Crippen molar-refractivity contribution < 1.29 is 9.59 Å². The molecule has 0 saturated carbocycles.